The molecule has 36 heavy (non-hydrogen) atoms. The molecule has 1 fully saturated rings. The number of fused-ring (bicyclic) bond motifs is 1. The summed E-state index contributed by atoms with van der Waals surface area (Å²) in [6, 6.07) is 18.0. The van der Waals surface area contributed by atoms with E-state index in [4.69, 9.17) is 16.3 Å². The van der Waals surface area contributed by atoms with Crippen LogP contribution in [0.3, 0.4) is 0 Å². The largest absolute Gasteiger partial charge is 0.489 e. The van der Waals surface area contributed by atoms with Crippen molar-refractivity contribution in [1.29, 1.82) is 0 Å². The molecule has 1 aromatic heterocycles. The minimum Gasteiger partial charge on any atom is -0.489 e. The van der Waals surface area contributed by atoms with E-state index in [1.807, 2.05) is 42.5 Å². The summed E-state index contributed by atoms with van der Waals surface area (Å²) in [5, 5.41) is 8.03. The number of ether oxygens (including phenoxy) is 1. The fourth-order valence-electron chi connectivity index (χ4n) is 4.25. The molecule has 2 heterocycles. The lowest BCUT2D eigenvalue weighted by molar-refractivity contribution is 0.116. The second kappa shape index (κ2) is 11.7. The Morgan fingerprint density at radius 3 is 2.61 bits per heavy atom. The minimum atomic E-state index is -0.281. The number of aromatic nitrogens is 2. The SMILES string of the molecule is CN1CCC(Oc2cccc3ncnc(Nc4ccc(CNc5cccc(F)c5)c(Cl)c4)c23)CC1.Cl. The molecule has 1 aliphatic rings. The van der Waals surface area contributed by atoms with Crippen LogP contribution in [-0.2, 0) is 6.54 Å². The van der Waals surface area contributed by atoms with Gasteiger partial charge >= 0.3 is 0 Å². The number of nitrogens with zero attached hydrogens (tertiary/aromatic N) is 3. The number of rotatable bonds is 7. The normalized spacial score (nSPS) is 14.3. The van der Waals surface area contributed by atoms with E-state index in [9.17, 15) is 4.39 Å². The van der Waals surface area contributed by atoms with Crippen LogP contribution in [0, 0.1) is 5.82 Å². The molecule has 0 spiro atoms. The van der Waals surface area contributed by atoms with Crippen LogP contribution in [0.15, 0.2) is 67.0 Å². The van der Waals surface area contributed by atoms with Crippen molar-refractivity contribution in [3.05, 3.63) is 83.4 Å². The molecule has 0 saturated carbocycles. The van der Waals surface area contributed by atoms with Gasteiger partial charge in [0, 0.05) is 36.0 Å². The predicted octanol–water partition coefficient (Wildman–Crippen LogP) is 6.67. The summed E-state index contributed by atoms with van der Waals surface area (Å²) >= 11 is 6.57. The summed E-state index contributed by atoms with van der Waals surface area (Å²) in [6.45, 7) is 2.53. The third-order valence-corrected chi connectivity index (χ3v) is 6.56. The lowest BCUT2D eigenvalue weighted by Crippen LogP contribution is -2.35. The molecular weight excluding hydrogens is 500 g/mol. The van der Waals surface area contributed by atoms with Crippen molar-refractivity contribution in [2.45, 2.75) is 25.5 Å². The summed E-state index contributed by atoms with van der Waals surface area (Å²) in [6.07, 6.45) is 3.70. The van der Waals surface area contributed by atoms with Gasteiger partial charge in [-0.25, -0.2) is 14.4 Å². The van der Waals surface area contributed by atoms with E-state index in [0.29, 0.717) is 23.1 Å². The van der Waals surface area contributed by atoms with E-state index in [1.54, 1.807) is 12.4 Å². The van der Waals surface area contributed by atoms with Crippen molar-refractivity contribution >= 4 is 52.1 Å². The summed E-state index contributed by atoms with van der Waals surface area (Å²) in [7, 11) is 2.14. The quantitative estimate of drug-likeness (QED) is 0.279. The minimum absolute atomic E-state index is 0. The molecule has 1 saturated heterocycles. The molecule has 0 radical (unpaired) electrons. The Hall–Kier alpha value is -3.13. The van der Waals surface area contributed by atoms with Crippen LogP contribution in [0.4, 0.5) is 21.6 Å². The van der Waals surface area contributed by atoms with Gasteiger partial charge in [-0.2, -0.15) is 0 Å². The van der Waals surface area contributed by atoms with Crippen molar-refractivity contribution in [2.75, 3.05) is 30.8 Å². The van der Waals surface area contributed by atoms with Crippen molar-refractivity contribution < 1.29 is 9.13 Å². The molecule has 0 unspecified atom stereocenters. The van der Waals surface area contributed by atoms with Gasteiger partial charge in [-0.3, -0.25) is 0 Å². The number of hydrogen-bond donors (Lipinski definition) is 2. The molecule has 1 aliphatic heterocycles. The van der Waals surface area contributed by atoms with Crippen LogP contribution >= 0.6 is 24.0 Å². The Kier molecular flexibility index (Phi) is 8.46. The highest BCUT2D eigenvalue weighted by Gasteiger charge is 2.20. The molecular formula is C27H28Cl2FN5O. The third-order valence-electron chi connectivity index (χ3n) is 6.21. The molecule has 6 nitrogen and oxygen atoms in total. The van der Waals surface area contributed by atoms with Crippen molar-refractivity contribution in [1.82, 2.24) is 14.9 Å². The number of anilines is 3. The molecule has 0 amide bonds. The van der Waals surface area contributed by atoms with Gasteiger partial charge in [0.05, 0.1) is 10.9 Å². The van der Waals surface area contributed by atoms with Gasteiger partial charge in [-0.05, 0) is 67.9 Å². The summed E-state index contributed by atoms with van der Waals surface area (Å²) in [5.74, 6) is 1.17. The molecule has 9 heteroatoms. The molecule has 5 rings (SSSR count). The van der Waals surface area contributed by atoms with Crippen LogP contribution in [0.1, 0.15) is 18.4 Å². The van der Waals surface area contributed by atoms with E-state index in [2.05, 4.69) is 32.5 Å². The first kappa shape index (κ1) is 25.9. The number of halogens is 3. The lowest BCUT2D eigenvalue weighted by Gasteiger charge is -2.29. The fraction of sp³-hybridized carbons (Fsp3) is 0.259. The number of hydrogen-bond acceptors (Lipinski definition) is 6. The summed E-state index contributed by atoms with van der Waals surface area (Å²) in [5.41, 5.74) is 3.22. The van der Waals surface area contributed by atoms with Crippen LogP contribution in [0.25, 0.3) is 10.9 Å². The highest BCUT2D eigenvalue weighted by atomic mass is 35.5. The zero-order chi connectivity index (χ0) is 24.2. The van der Waals surface area contributed by atoms with Crippen LogP contribution in [-0.4, -0.2) is 41.1 Å². The summed E-state index contributed by atoms with van der Waals surface area (Å²) < 4.78 is 19.8. The van der Waals surface area contributed by atoms with Gasteiger partial charge in [-0.1, -0.05) is 29.8 Å². The first-order valence-corrected chi connectivity index (χ1v) is 12.1. The van der Waals surface area contributed by atoms with Gasteiger partial charge in [-0.15, -0.1) is 12.4 Å². The van der Waals surface area contributed by atoms with E-state index in [1.165, 1.54) is 12.1 Å². The molecule has 188 valence electrons. The smallest absolute Gasteiger partial charge is 0.145 e. The van der Waals surface area contributed by atoms with Gasteiger partial charge in [0.1, 0.15) is 29.8 Å². The molecule has 0 atom stereocenters. The topological polar surface area (TPSA) is 62.3 Å². The fourth-order valence-corrected chi connectivity index (χ4v) is 4.50. The Balaban J connectivity index is 0.00000304. The predicted molar refractivity (Wildman–Crippen MR) is 146 cm³/mol. The second-order valence-electron chi connectivity index (χ2n) is 8.79. The number of piperidine rings is 1. The van der Waals surface area contributed by atoms with E-state index in [-0.39, 0.29) is 24.3 Å². The first-order valence-electron chi connectivity index (χ1n) is 11.7. The first-order chi connectivity index (χ1) is 17.0. The van der Waals surface area contributed by atoms with Crippen molar-refractivity contribution in [3.8, 4) is 5.75 Å². The Bertz CT molecular complexity index is 1330. The zero-order valence-corrected chi connectivity index (χ0v) is 21.5. The van der Waals surface area contributed by atoms with Crippen molar-refractivity contribution in [3.63, 3.8) is 0 Å². The highest BCUT2D eigenvalue weighted by Crippen LogP contribution is 2.34. The monoisotopic (exact) mass is 527 g/mol. The molecule has 0 bridgehead atoms. The molecule has 3 aromatic carbocycles. The van der Waals surface area contributed by atoms with Crippen LogP contribution in [0.5, 0.6) is 5.75 Å². The highest BCUT2D eigenvalue weighted by molar-refractivity contribution is 6.31. The average Bonchev–Trinajstić information content (AvgIpc) is 2.85. The van der Waals surface area contributed by atoms with Gasteiger partial charge in [0.15, 0.2) is 0 Å². The third kappa shape index (κ3) is 6.16. The van der Waals surface area contributed by atoms with Crippen molar-refractivity contribution in [2.24, 2.45) is 0 Å². The maximum atomic E-state index is 13.4. The Morgan fingerprint density at radius 1 is 1.03 bits per heavy atom. The molecule has 0 aliphatic carbocycles. The molecule has 4 aromatic rings. The van der Waals surface area contributed by atoms with Gasteiger partial charge in [0.2, 0.25) is 0 Å². The average molecular weight is 528 g/mol. The maximum absolute atomic E-state index is 13.4. The van der Waals surface area contributed by atoms with Gasteiger partial charge < -0.3 is 20.3 Å². The number of nitrogens with one attached hydrogen (secondary N) is 2. The zero-order valence-electron chi connectivity index (χ0n) is 19.9. The standard InChI is InChI=1S/C27H27ClFN5O.ClH/c1-34-12-10-22(11-13-34)35-25-7-3-6-24-26(25)27(32-17-31-24)33-21-9-8-18(23(28)15-21)16-30-20-5-2-4-19(29)14-20;/h2-9,14-15,17,22,30H,10-13,16H2,1H3,(H,31,32,33);1H. The van der Waals surface area contributed by atoms with Crippen LogP contribution in [0.2, 0.25) is 5.02 Å². The number of benzene rings is 3. The van der Waals surface area contributed by atoms with E-state index >= 15 is 0 Å². The molecule has 2 N–H and O–H groups in total. The van der Waals surface area contributed by atoms with E-state index in [0.717, 1.165) is 53.8 Å². The summed E-state index contributed by atoms with van der Waals surface area (Å²) in [4.78, 5) is 11.3. The lowest BCUT2D eigenvalue weighted by atomic mass is 10.1. The van der Waals surface area contributed by atoms with Crippen LogP contribution < -0.4 is 15.4 Å². The van der Waals surface area contributed by atoms with Gasteiger partial charge in [0.25, 0.3) is 0 Å². The van der Waals surface area contributed by atoms with E-state index < -0.39 is 0 Å². The Labute approximate surface area is 221 Å². The second-order valence-corrected chi connectivity index (χ2v) is 9.20. The Morgan fingerprint density at radius 2 is 1.83 bits per heavy atom. The number of likely N-dealkylation sites (tertiary alicyclic amines) is 1. The maximum Gasteiger partial charge on any atom is 0.145 e.